The predicted molar refractivity (Wildman–Crippen MR) is 115 cm³/mol. The first kappa shape index (κ1) is 22.0. The van der Waals surface area contributed by atoms with Gasteiger partial charge in [0.25, 0.3) is 0 Å². The van der Waals surface area contributed by atoms with Gasteiger partial charge in [0.1, 0.15) is 6.10 Å². The molecule has 1 heterocycles. The molecule has 1 aliphatic heterocycles. The van der Waals surface area contributed by atoms with E-state index in [1.54, 1.807) is 6.07 Å². The summed E-state index contributed by atoms with van der Waals surface area (Å²) in [5.41, 5.74) is 1.96. The second kappa shape index (κ2) is 9.96. The van der Waals surface area contributed by atoms with E-state index in [0.717, 1.165) is 41.7 Å². The van der Waals surface area contributed by atoms with E-state index in [1.807, 2.05) is 0 Å². The number of ether oxygens (including phenoxy) is 1. The summed E-state index contributed by atoms with van der Waals surface area (Å²) >= 11 is 0. The van der Waals surface area contributed by atoms with Crippen LogP contribution in [0.2, 0.25) is 0 Å². The van der Waals surface area contributed by atoms with E-state index in [0.29, 0.717) is 18.8 Å². The van der Waals surface area contributed by atoms with Gasteiger partial charge in [-0.25, -0.2) is 13.2 Å². The van der Waals surface area contributed by atoms with Crippen LogP contribution in [0.1, 0.15) is 101 Å². The van der Waals surface area contributed by atoms with Crippen molar-refractivity contribution in [2.45, 2.75) is 109 Å². The van der Waals surface area contributed by atoms with Gasteiger partial charge in [0.15, 0.2) is 11.6 Å². The summed E-state index contributed by atoms with van der Waals surface area (Å²) in [6.45, 7) is 2.30. The lowest BCUT2D eigenvalue weighted by molar-refractivity contribution is 0.0612. The highest BCUT2D eigenvalue weighted by Crippen LogP contribution is 2.45. The average molecular weight is 423 g/mol. The number of hydrogen-bond donors (Lipinski definition) is 0. The molecule has 0 saturated heterocycles. The van der Waals surface area contributed by atoms with Crippen LogP contribution in [0.4, 0.5) is 13.2 Å². The Morgan fingerprint density at radius 3 is 2.23 bits per heavy atom. The van der Waals surface area contributed by atoms with Gasteiger partial charge in [0, 0.05) is 6.42 Å². The third kappa shape index (κ3) is 5.16. The molecule has 0 N–H and O–H groups in total. The Morgan fingerprint density at radius 1 is 0.933 bits per heavy atom. The molecule has 4 rings (SSSR count). The van der Waals surface area contributed by atoms with E-state index in [1.165, 1.54) is 51.4 Å². The lowest BCUT2D eigenvalue weighted by atomic mass is 9.68. The zero-order chi connectivity index (χ0) is 21.1. The van der Waals surface area contributed by atoms with Gasteiger partial charge in [0.2, 0.25) is 6.43 Å². The summed E-state index contributed by atoms with van der Waals surface area (Å²) in [4.78, 5) is 0. The molecule has 3 aliphatic rings. The van der Waals surface area contributed by atoms with E-state index in [4.69, 9.17) is 4.74 Å². The highest BCUT2D eigenvalue weighted by atomic mass is 19.3. The summed E-state index contributed by atoms with van der Waals surface area (Å²) in [5, 5.41) is 0. The lowest BCUT2D eigenvalue weighted by Gasteiger charge is -2.38. The zero-order valence-electron chi connectivity index (χ0n) is 18.4. The monoisotopic (exact) mass is 422 g/mol. The molecule has 30 heavy (non-hydrogen) atoms. The molecule has 168 valence electrons. The largest absolute Gasteiger partial charge is 0.487 e. The fourth-order valence-electron chi connectivity index (χ4n) is 6.41. The number of aryl methyl sites for hydroxylation is 1. The Kier molecular flexibility index (Phi) is 7.31. The molecule has 0 amide bonds. The van der Waals surface area contributed by atoms with Gasteiger partial charge in [-0.2, -0.15) is 0 Å². The minimum Gasteiger partial charge on any atom is -0.487 e. The van der Waals surface area contributed by atoms with Crippen LogP contribution in [0.3, 0.4) is 0 Å². The van der Waals surface area contributed by atoms with Gasteiger partial charge in [-0.05, 0) is 92.2 Å². The minimum absolute atomic E-state index is 0.216. The maximum atomic E-state index is 14.8. The van der Waals surface area contributed by atoms with Gasteiger partial charge < -0.3 is 4.74 Å². The topological polar surface area (TPSA) is 9.23 Å². The Hall–Kier alpha value is -1.19. The number of alkyl halides is 2. The molecule has 1 aromatic carbocycles. The first-order valence-corrected chi connectivity index (χ1v) is 12.3. The molecule has 4 heteroatoms. The average Bonchev–Trinajstić information content (AvgIpc) is 2.75. The Labute approximate surface area is 179 Å². The van der Waals surface area contributed by atoms with Crippen molar-refractivity contribution in [2.75, 3.05) is 0 Å². The van der Waals surface area contributed by atoms with Crippen LogP contribution < -0.4 is 4.74 Å². The van der Waals surface area contributed by atoms with Crippen LogP contribution in [-0.4, -0.2) is 12.5 Å². The van der Waals surface area contributed by atoms with Crippen molar-refractivity contribution in [1.29, 1.82) is 0 Å². The number of benzene rings is 1. The van der Waals surface area contributed by atoms with Gasteiger partial charge in [-0.15, -0.1) is 0 Å². The molecule has 2 fully saturated rings. The van der Waals surface area contributed by atoms with Gasteiger partial charge >= 0.3 is 0 Å². The Morgan fingerprint density at radius 2 is 1.60 bits per heavy atom. The number of halogens is 3. The van der Waals surface area contributed by atoms with Crippen molar-refractivity contribution >= 4 is 0 Å². The van der Waals surface area contributed by atoms with Crippen LogP contribution in [0.15, 0.2) is 12.1 Å². The molecule has 2 saturated carbocycles. The van der Waals surface area contributed by atoms with Crippen molar-refractivity contribution in [3.8, 4) is 5.75 Å². The maximum Gasteiger partial charge on any atom is 0.242 e. The minimum atomic E-state index is -2.41. The van der Waals surface area contributed by atoms with E-state index in [2.05, 4.69) is 13.0 Å². The summed E-state index contributed by atoms with van der Waals surface area (Å²) < 4.78 is 45.6. The molecule has 0 radical (unpaired) electrons. The fraction of sp³-hybridized carbons (Fsp3) is 0.769. The molecule has 0 spiro atoms. The first-order valence-electron chi connectivity index (χ1n) is 12.3. The van der Waals surface area contributed by atoms with Crippen molar-refractivity contribution < 1.29 is 17.9 Å². The molecule has 1 aromatic rings. The van der Waals surface area contributed by atoms with Gasteiger partial charge in [0.05, 0.1) is 0 Å². The van der Waals surface area contributed by atoms with E-state index >= 15 is 0 Å². The fourth-order valence-corrected chi connectivity index (χ4v) is 6.41. The van der Waals surface area contributed by atoms with E-state index in [-0.39, 0.29) is 18.0 Å². The third-order valence-electron chi connectivity index (χ3n) is 8.10. The van der Waals surface area contributed by atoms with Crippen LogP contribution in [0, 0.1) is 23.6 Å². The summed E-state index contributed by atoms with van der Waals surface area (Å²) in [7, 11) is 0. The Balaban J connectivity index is 1.33. The number of fused-ring (bicyclic) bond motifs is 1. The highest BCUT2D eigenvalue weighted by Gasteiger charge is 2.32. The second-order valence-electron chi connectivity index (χ2n) is 10.1. The zero-order valence-corrected chi connectivity index (χ0v) is 18.4. The summed E-state index contributed by atoms with van der Waals surface area (Å²) in [5.74, 6) is 3.00. The quantitative estimate of drug-likeness (QED) is 0.450. The third-order valence-corrected chi connectivity index (χ3v) is 8.10. The molecular weight excluding hydrogens is 385 g/mol. The van der Waals surface area contributed by atoms with Crippen molar-refractivity contribution in [3.63, 3.8) is 0 Å². The Bertz CT molecular complexity index is 688. The van der Waals surface area contributed by atoms with Crippen molar-refractivity contribution in [2.24, 2.45) is 17.8 Å². The van der Waals surface area contributed by atoms with Gasteiger partial charge in [-0.3, -0.25) is 0 Å². The summed E-state index contributed by atoms with van der Waals surface area (Å²) in [6, 6.07) is 3.71. The van der Waals surface area contributed by atoms with E-state index in [9.17, 15) is 13.2 Å². The molecule has 1 unspecified atom stereocenters. The molecule has 1 nitrogen and oxygen atoms in total. The molecular formula is C26H37F3O. The summed E-state index contributed by atoms with van der Waals surface area (Å²) in [6.07, 6.45) is 11.1. The lowest BCUT2D eigenvalue weighted by Crippen LogP contribution is -2.27. The van der Waals surface area contributed by atoms with Crippen LogP contribution in [0.25, 0.3) is 0 Å². The number of hydrogen-bond acceptors (Lipinski definition) is 1. The molecule has 2 aliphatic carbocycles. The van der Waals surface area contributed by atoms with E-state index < -0.39 is 12.5 Å². The number of rotatable bonds is 6. The first-order chi connectivity index (χ1) is 14.5. The molecule has 1 atom stereocenters. The molecule has 0 bridgehead atoms. The van der Waals surface area contributed by atoms with Crippen molar-refractivity contribution in [1.82, 2.24) is 0 Å². The molecule has 0 aromatic heterocycles. The SMILES string of the molecule is CCCC1CCC(C2CCC(c3cc(F)c4c(c3)CCC(CC(F)F)O4)CC2)CC1. The van der Waals surface area contributed by atoms with Crippen molar-refractivity contribution in [3.05, 3.63) is 29.1 Å². The second-order valence-corrected chi connectivity index (χ2v) is 10.1. The van der Waals surface area contributed by atoms with Crippen LogP contribution in [-0.2, 0) is 6.42 Å². The maximum absolute atomic E-state index is 14.8. The van der Waals surface area contributed by atoms with Crippen LogP contribution in [0.5, 0.6) is 5.75 Å². The van der Waals surface area contributed by atoms with Crippen LogP contribution >= 0.6 is 0 Å². The standard InChI is InChI=1S/C26H37F3O/c1-2-3-17-4-6-18(7-5-17)19-8-10-20(11-9-19)22-14-21-12-13-23(16-25(28)29)30-26(21)24(27)15-22/h14-15,17-20,23,25H,2-13,16H2,1H3. The van der Waals surface area contributed by atoms with Gasteiger partial charge in [-0.1, -0.05) is 38.7 Å². The highest BCUT2D eigenvalue weighted by molar-refractivity contribution is 5.41. The normalized spacial score (nSPS) is 32.0. The smallest absolute Gasteiger partial charge is 0.242 e. The predicted octanol–water partition coefficient (Wildman–Crippen LogP) is 8.05.